The van der Waals surface area contributed by atoms with Gasteiger partial charge in [-0.15, -0.1) is 0 Å². The van der Waals surface area contributed by atoms with E-state index in [9.17, 15) is 4.79 Å². The van der Waals surface area contributed by atoms with E-state index >= 15 is 0 Å². The summed E-state index contributed by atoms with van der Waals surface area (Å²) in [6.07, 6.45) is 1.02. The van der Waals surface area contributed by atoms with Crippen molar-refractivity contribution in [1.29, 1.82) is 0 Å². The molecular formula is C17H27N3O. The Hall–Kier alpha value is -1.55. The highest BCUT2D eigenvalue weighted by molar-refractivity contribution is 5.89. The lowest BCUT2D eigenvalue weighted by molar-refractivity contribution is 0.112. The Morgan fingerprint density at radius 1 is 1.38 bits per heavy atom. The lowest BCUT2D eigenvalue weighted by Gasteiger charge is -2.45. The minimum absolute atomic E-state index is 0.00132. The zero-order chi connectivity index (χ0) is 15.5. The van der Waals surface area contributed by atoms with Gasteiger partial charge in [0.2, 0.25) is 0 Å². The number of hydrogen-bond acceptors (Lipinski definition) is 2. The summed E-state index contributed by atoms with van der Waals surface area (Å²) in [4.78, 5) is 14.6. The number of anilines is 1. The maximum atomic E-state index is 12.6. The van der Waals surface area contributed by atoms with Crippen LogP contribution < -0.4 is 10.6 Å². The molecule has 0 spiro atoms. The predicted octanol–water partition coefficient (Wildman–Crippen LogP) is 3.32. The van der Waals surface area contributed by atoms with Crippen molar-refractivity contribution in [3.05, 3.63) is 30.3 Å². The maximum absolute atomic E-state index is 12.6. The van der Waals surface area contributed by atoms with E-state index in [0.717, 1.165) is 25.2 Å². The molecule has 0 saturated carbocycles. The van der Waals surface area contributed by atoms with Gasteiger partial charge in [0.15, 0.2) is 0 Å². The first-order valence-electron chi connectivity index (χ1n) is 7.75. The number of hydrogen-bond donors (Lipinski definition) is 2. The predicted molar refractivity (Wildman–Crippen MR) is 87.5 cm³/mol. The van der Waals surface area contributed by atoms with Crippen LogP contribution in [0.25, 0.3) is 0 Å². The van der Waals surface area contributed by atoms with Crippen molar-refractivity contribution >= 4 is 11.7 Å². The van der Waals surface area contributed by atoms with Gasteiger partial charge in [-0.1, -0.05) is 32.0 Å². The van der Waals surface area contributed by atoms with Crippen LogP contribution in [0, 0.1) is 5.92 Å². The summed E-state index contributed by atoms with van der Waals surface area (Å²) < 4.78 is 0. The van der Waals surface area contributed by atoms with Crippen LogP contribution in [0.1, 0.15) is 34.1 Å². The quantitative estimate of drug-likeness (QED) is 0.896. The lowest BCUT2D eigenvalue weighted by Crippen LogP contribution is -2.63. The Morgan fingerprint density at radius 3 is 2.67 bits per heavy atom. The third-order valence-corrected chi connectivity index (χ3v) is 3.85. The molecule has 21 heavy (non-hydrogen) atoms. The topological polar surface area (TPSA) is 44.4 Å². The smallest absolute Gasteiger partial charge is 0.318 e. The van der Waals surface area contributed by atoms with Gasteiger partial charge in [-0.3, -0.25) is 0 Å². The molecule has 0 aromatic heterocycles. The molecule has 1 unspecified atom stereocenters. The molecule has 4 nitrogen and oxygen atoms in total. The Kier molecular flexibility index (Phi) is 4.88. The van der Waals surface area contributed by atoms with Crippen molar-refractivity contribution in [1.82, 2.24) is 10.2 Å². The van der Waals surface area contributed by atoms with Gasteiger partial charge in [-0.2, -0.15) is 0 Å². The van der Waals surface area contributed by atoms with Gasteiger partial charge in [0.25, 0.3) is 0 Å². The monoisotopic (exact) mass is 289 g/mol. The number of amides is 2. The molecule has 1 atom stereocenters. The van der Waals surface area contributed by atoms with Crippen molar-refractivity contribution in [2.45, 2.75) is 45.7 Å². The number of benzene rings is 1. The minimum Gasteiger partial charge on any atom is -0.318 e. The minimum atomic E-state index is -0.0402. The fourth-order valence-electron chi connectivity index (χ4n) is 2.82. The molecule has 1 aromatic carbocycles. The second kappa shape index (κ2) is 6.48. The number of rotatable bonds is 3. The van der Waals surface area contributed by atoms with E-state index in [4.69, 9.17) is 0 Å². The summed E-state index contributed by atoms with van der Waals surface area (Å²) in [6, 6.07) is 9.91. The van der Waals surface area contributed by atoms with Crippen molar-refractivity contribution in [2.75, 3.05) is 18.4 Å². The number of nitrogens with one attached hydrogen (secondary N) is 2. The number of para-hydroxylation sites is 1. The van der Waals surface area contributed by atoms with Crippen LogP contribution in [0.5, 0.6) is 0 Å². The third-order valence-electron chi connectivity index (χ3n) is 3.85. The molecule has 1 aliphatic heterocycles. The fourth-order valence-corrected chi connectivity index (χ4v) is 2.82. The molecule has 0 radical (unpaired) electrons. The maximum Gasteiger partial charge on any atom is 0.322 e. The molecule has 0 aliphatic carbocycles. The Balaban J connectivity index is 2.09. The molecule has 2 N–H and O–H groups in total. The first kappa shape index (κ1) is 15.8. The van der Waals surface area contributed by atoms with Gasteiger partial charge in [-0.05, 0) is 38.3 Å². The summed E-state index contributed by atoms with van der Waals surface area (Å²) >= 11 is 0. The largest absolute Gasteiger partial charge is 0.322 e. The Bertz CT molecular complexity index is 470. The average Bonchev–Trinajstić information content (AvgIpc) is 2.41. The molecule has 2 amide bonds. The lowest BCUT2D eigenvalue weighted by atomic mass is 9.94. The van der Waals surface area contributed by atoms with Gasteiger partial charge in [0.1, 0.15) is 0 Å². The van der Waals surface area contributed by atoms with Crippen LogP contribution in [0.15, 0.2) is 30.3 Å². The molecule has 1 fully saturated rings. The second-order valence-electron chi connectivity index (χ2n) is 6.97. The van der Waals surface area contributed by atoms with Crippen molar-refractivity contribution in [3.63, 3.8) is 0 Å². The van der Waals surface area contributed by atoms with Gasteiger partial charge in [-0.25, -0.2) is 4.79 Å². The zero-order valence-electron chi connectivity index (χ0n) is 13.5. The van der Waals surface area contributed by atoms with Gasteiger partial charge in [0, 0.05) is 30.4 Å². The summed E-state index contributed by atoms with van der Waals surface area (Å²) in [7, 11) is 0. The molecule has 4 heteroatoms. The Labute approximate surface area is 127 Å². The molecular weight excluding hydrogens is 262 g/mol. The summed E-state index contributed by atoms with van der Waals surface area (Å²) in [5, 5.41) is 6.55. The first-order valence-corrected chi connectivity index (χ1v) is 7.75. The number of urea groups is 1. The van der Waals surface area contributed by atoms with Gasteiger partial charge >= 0.3 is 6.03 Å². The second-order valence-corrected chi connectivity index (χ2v) is 6.97. The number of carbonyl (C=O) groups is 1. The summed E-state index contributed by atoms with van der Waals surface area (Å²) in [5.41, 5.74) is 0.809. The highest BCUT2D eigenvalue weighted by Gasteiger charge is 2.35. The molecule has 1 heterocycles. The van der Waals surface area contributed by atoms with Crippen LogP contribution in [0.3, 0.4) is 0 Å². The summed E-state index contributed by atoms with van der Waals surface area (Å²) in [6.45, 7) is 10.3. The van der Waals surface area contributed by atoms with Crippen molar-refractivity contribution in [3.8, 4) is 0 Å². The van der Waals surface area contributed by atoms with Gasteiger partial charge in [0.05, 0.1) is 0 Å². The van der Waals surface area contributed by atoms with E-state index in [1.165, 1.54) is 0 Å². The van der Waals surface area contributed by atoms with Crippen molar-refractivity contribution in [2.24, 2.45) is 5.92 Å². The summed E-state index contributed by atoms with van der Waals surface area (Å²) in [5.74, 6) is 0.574. The molecule has 1 saturated heterocycles. The molecule has 2 rings (SSSR count). The molecule has 0 bridgehead atoms. The van der Waals surface area contributed by atoms with Crippen LogP contribution >= 0.6 is 0 Å². The third kappa shape index (κ3) is 4.46. The molecule has 1 aliphatic rings. The highest BCUT2D eigenvalue weighted by Crippen LogP contribution is 2.21. The van der Waals surface area contributed by atoms with E-state index in [1.807, 2.05) is 35.2 Å². The van der Waals surface area contributed by atoms with E-state index in [1.54, 1.807) is 0 Å². The molecule has 116 valence electrons. The van der Waals surface area contributed by atoms with E-state index in [0.29, 0.717) is 5.92 Å². The van der Waals surface area contributed by atoms with Crippen LogP contribution in [0.2, 0.25) is 0 Å². The molecule has 1 aromatic rings. The zero-order valence-corrected chi connectivity index (χ0v) is 13.5. The number of nitrogens with zero attached hydrogens (tertiary/aromatic N) is 1. The van der Waals surface area contributed by atoms with Crippen LogP contribution in [0.4, 0.5) is 10.5 Å². The van der Waals surface area contributed by atoms with E-state index in [2.05, 4.69) is 38.3 Å². The normalized spacial score (nSPS) is 21.4. The number of piperazine rings is 1. The van der Waals surface area contributed by atoms with Crippen molar-refractivity contribution < 1.29 is 4.79 Å². The van der Waals surface area contributed by atoms with Crippen LogP contribution in [-0.2, 0) is 0 Å². The standard InChI is InChI=1S/C17H27N3O/c1-13(2)10-15-11-18-17(3,4)12-20(15)16(21)19-14-8-6-5-7-9-14/h5-9,13,15,18H,10-12H2,1-4H3,(H,19,21). The average molecular weight is 289 g/mol. The highest BCUT2D eigenvalue weighted by atomic mass is 16.2. The van der Waals surface area contributed by atoms with E-state index in [-0.39, 0.29) is 17.6 Å². The SMILES string of the molecule is CC(C)CC1CNC(C)(C)CN1C(=O)Nc1ccccc1. The van der Waals surface area contributed by atoms with Crippen LogP contribution in [-0.4, -0.2) is 35.6 Å². The van der Waals surface area contributed by atoms with E-state index < -0.39 is 0 Å². The Morgan fingerprint density at radius 2 is 2.05 bits per heavy atom. The number of carbonyl (C=O) groups excluding carboxylic acids is 1. The van der Waals surface area contributed by atoms with Gasteiger partial charge < -0.3 is 15.5 Å². The fraction of sp³-hybridized carbons (Fsp3) is 0.588. The first-order chi connectivity index (χ1) is 9.87.